The number of phenols is 1. The first-order chi connectivity index (χ1) is 18.6. The number of nitrogens with zero attached hydrogens (tertiary/aromatic N) is 1. The molecule has 5 rings (SSSR count). The number of hydrogen-bond donors (Lipinski definition) is 3. The number of ether oxygens (including phenoxy) is 4. The predicted molar refractivity (Wildman–Crippen MR) is 147 cm³/mol. The number of amides is 1. The molecule has 2 aliphatic heterocycles. The van der Waals surface area contributed by atoms with Gasteiger partial charge in [0.25, 0.3) is 5.91 Å². The quantitative estimate of drug-likeness (QED) is 0.167. The molecule has 1 aromatic heterocycles. The number of ketones is 1. The maximum atomic E-state index is 14.0. The molecule has 11 nitrogen and oxygen atoms in total. The van der Waals surface area contributed by atoms with E-state index in [1.165, 1.54) is 46.3 Å². The van der Waals surface area contributed by atoms with Gasteiger partial charge in [-0.15, -0.1) is 0 Å². The minimum Gasteiger partial charge on any atom is -0.506 e. The highest BCUT2D eigenvalue weighted by atomic mass is 79.9. The molecular weight excluding hydrogens is 574 g/mol. The zero-order valence-corrected chi connectivity index (χ0v) is 23.6. The number of phenolic OH excluding ortho intramolecular Hbond substituents is 1. The van der Waals surface area contributed by atoms with Crippen molar-refractivity contribution < 1.29 is 38.4 Å². The lowest BCUT2D eigenvalue weighted by atomic mass is 9.85. The van der Waals surface area contributed by atoms with Gasteiger partial charge in [-0.1, -0.05) is 15.9 Å². The summed E-state index contributed by atoms with van der Waals surface area (Å²) >= 11 is 3.53. The number of rotatable bonds is 6. The molecule has 3 N–H and O–H groups in total. The highest BCUT2D eigenvalue weighted by molar-refractivity contribution is 9.09. The minimum absolute atomic E-state index is 0.0352. The average molecular weight is 602 g/mol. The maximum absolute atomic E-state index is 14.0. The van der Waals surface area contributed by atoms with E-state index in [2.05, 4.69) is 26.2 Å². The fourth-order valence-electron chi connectivity index (χ4n) is 5.44. The molecule has 0 saturated carbocycles. The van der Waals surface area contributed by atoms with Gasteiger partial charge in [0.1, 0.15) is 11.4 Å². The number of aromatic amines is 1. The van der Waals surface area contributed by atoms with E-state index in [0.717, 1.165) is 0 Å². The van der Waals surface area contributed by atoms with E-state index in [0.29, 0.717) is 57.7 Å². The van der Waals surface area contributed by atoms with Crippen molar-refractivity contribution in [1.29, 1.82) is 0 Å². The molecule has 2 aliphatic rings. The molecule has 2 atom stereocenters. The second-order valence-electron chi connectivity index (χ2n) is 9.65. The largest absolute Gasteiger partial charge is 0.506 e. The van der Waals surface area contributed by atoms with E-state index in [9.17, 15) is 19.5 Å². The average Bonchev–Trinajstić information content (AvgIpc) is 3.50. The number of hydrogen-bond acceptors (Lipinski definition) is 9. The van der Waals surface area contributed by atoms with Crippen LogP contribution in [0, 0.1) is 5.92 Å². The van der Waals surface area contributed by atoms with Crippen molar-refractivity contribution in [3.8, 4) is 23.0 Å². The van der Waals surface area contributed by atoms with Gasteiger partial charge in [-0.05, 0) is 37.0 Å². The second kappa shape index (κ2) is 9.67. The molecule has 0 unspecified atom stereocenters. The van der Waals surface area contributed by atoms with Crippen LogP contribution in [0.3, 0.4) is 0 Å². The molecular formula is C27H28BrN3O8. The third-order valence-corrected chi connectivity index (χ3v) is 8.29. The Morgan fingerprint density at radius 2 is 1.85 bits per heavy atom. The van der Waals surface area contributed by atoms with Gasteiger partial charge in [0.05, 0.1) is 50.9 Å². The highest BCUT2D eigenvalue weighted by Gasteiger charge is 2.52. The summed E-state index contributed by atoms with van der Waals surface area (Å²) in [6, 6.07) is 4.88. The molecule has 3 aromatic rings. The number of H-pyrrole nitrogens is 1. The Balaban J connectivity index is 1.64. The zero-order valence-electron chi connectivity index (χ0n) is 22.1. The van der Waals surface area contributed by atoms with Gasteiger partial charge >= 0.3 is 5.97 Å². The Morgan fingerprint density at radius 3 is 2.46 bits per heavy atom. The Bertz CT molecular complexity index is 1530. The standard InChI is InChI=1S/C27H28BrN3O8/c1-27(26(35)39-5)24(33)19-14-6-12(10-28)11-31(16(14)9-17(32)21(19)30-27)25(34)15-7-13-8-18(36-2)22(37-3)23(38-4)20(13)29-15/h7-9,12,29-30,32H,6,10-11H2,1-5H3/t12-,27-/m1/s1. The number of esters is 1. The summed E-state index contributed by atoms with van der Waals surface area (Å²) in [6.45, 7) is 1.76. The number of aromatic nitrogens is 1. The van der Waals surface area contributed by atoms with E-state index in [1.54, 1.807) is 12.1 Å². The SMILES string of the molecule is COC(=O)[C@]1(C)Nc2c(O)cc3c(c2C1=O)C[C@H](CBr)CN3C(=O)c1cc2cc(OC)c(OC)c(OC)c2[nH]1. The molecule has 0 aliphatic carbocycles. The molecule has 1 amide bonds. The van der Waals surface area contributed by atoms with Crippen LogP contribution in [-0.2, 0) is 16.0 Å². The van der Waals surface area contributed by atoms with Crippen molar-refractivity contribution in [2.75, 3.05) is 50.5 Å². The Kier molecular flexibility index (Phi) is 6.61. The third-order valence-electron chi connectivity index (χ3n) is 7.38. The van der Waals surface area contributed by atoms with Crippen LogP contribution < -0.4 is 24.4 Å². The molecule has 12 heteroatoms. The molecule has 0 radical (unpaired) electrons. The van der Waals surface area contributed by atoms with Gasteiger partial charge in [0, 0.05) is 23.3 Å². The van der Waals surface area contributed by atoms with Crippen molar-refractivity contribution in [2.45, 2.75) is 18.9 Å². The monoisotopic (exact) mass is 601 g/mol. The van der Waals surface area contributed by atoms with Gasteiger partial charge in [-0.2, -0.15) is 0 Å². The number of aromatic hydroxyl groups is 1. The van der Waals surface area contributed by atoms with Gasteiger partial charge < -0.3 is 39.3 Å². The first-order valence-electron chi connectivity index (χ1n) is 12.1. The molecule has 0 fully saturated rings. The zero-order chi connectivity index (χ0) is 28.2. The molecule has 2 aromatic carbocycles. The number of benzene rings is 2. The summed E-state index contributed by atoms with van der Waals surface area (Å²) < 4.78 is 21.3. The molecule has 0 saturated heterocycles. The second-order valence-corrected chi connectivity index (χ2v) is 10.3. The van der Waals surface area contributed by atoms with Crippen molar-refractivity contribution in [1.82, 2.24) is 4.98 Å². The molecule has 39 heavy (non-hydrogen) atoms. The fourth-order valence-corrected chi connectivity index (χ4v) is 5.87. The molecule has 0 bridgehead atoms. The third kappa shape index (κ3) is 3.88. The van der Waals surface area contributed by atoms with Crippen LogP contribution in [-0.4, -0.2) is 73.6 Å². The normalized spacial score (nSPS) is 19.8. The van der Waals surface area contributed by atoms with E-state index in [-0.39, 0.29) is 34.5 Å². The van der Waals surface area contributed by atoms with Crippen LogP contribution >= 0.6 is 15.9 Å². The number of carbonyl (C=O) groups is 3. The summed E-state index contributed by atoms with van der Waals surface area (Å²) in [7, 11) is 5.71. The summed E-state index contributed by atoms with van der Waals surface area (Å²) in [5.74, 6) is -0.716. The van der Waals surface area contributed by atoms with Crippen molar-refractivity contribution >= 4 is 55.9 Å². The van der Waals surface area contributed by atoms with E-state index >= 15 is 0 Å². The smallest absolute Gasteiger partial charge is 0.339 e. The summed E-state index contributed by atoms with van der Waals surface area (Å²) in [4.78, 5) is 44.8. The van der Waals surface area contributed by atoms with E-state index in [1.807, 2.05) is 0 Å². The lowest BCUT2D eigenvalue weighted by molar-refractivity contribution is -0.143. The van der Waals surface area contributed by atoms with Crippen LogP contribution in [0.1, 0.15) is 33.3 Å². The Hall–Kier alpha value is -3.93. The van der Waals surface area contributed by atoms with Gasteiger partial charge in [-0.25, -0.2) is 4.79 Å². The fraction of sp³-hybridized carbons (Fsp3) is 0.370. The first-order valence-corrected chi connectivity index (χ1v) is 13.2. The molecule has 3 heterocycles. The number of alkyl halides is 1. The van der Waals surface area contributed by atoms with Gasteiger partial charge in [-0.3, -0.25) is 9.59 Å². The Morgan fingerprint density at radius 1 is 1.13 bits per heavy atom. The number of anilines is 2. The number of methoxy groups -OCH3 is 4. The van der Waals surface area contributed by atoms with Crippen LogP contribution in [0.5, 0.6) is 23.0 Å². The van der Waals surface area contributed by atoms with E-state index < -0.39 is 17.3 Å². The maximum Gasteiger partial charge on any atom is 0.339 e. The van der Waals surface area contributed by atoms with Gasteiger partial charge in [0.2, 0.25) is 11.5 Å². The number of Topliss-reactive ketones (excluding diaryl/α,β-unsaturated/α-hetero) is 1. The summed E-state index contributed by atoms with van der Waals surface area (Å²) in [6.07, 6.45) is 0.465. The number of nitrogens with one attached hydrogen (secondary N) is 2. The van der Waals surface area contributed by atoms with E-state index in [4.69, 9.17) is 18.9 Å². The van der Waals surface area contributed by atoms with Crippen LogP contribution in [0.25, 0.3) is 10.9 Å². The molecule has 206 valence electrons. The van der Waals surface area contributed by atoms with Crippen molar-refractivity contribution in [3.05, 3.63) is 35.0 Å². The number of carbonyl (C=O) groups excluding carboxylic acids is 3. The summed E-state index contributed by atoms with van der Waals surface area (Å²) in [5, 5.41) is 15.0. The van der Waals surface area contributed by atoms with Crippen molar-refractivity contribution in [3.63, 3.8) is 0 Å². The minimum atomic E-state index is -1.69. The van der Waals surface area contributed by atoms with Gasteiger partial charge in [0.15, 0.2) is 17.0 Å². The highest BCUT2D eigenvalue weighted by Crippen LogP contribution is 2.48. The van der Waals surface area contributed by atoms with Crippen LogP contribution in [0.15, 0.2) is 18.2 Å². The van der Waals surface area contributed by atoms with Crippen molar-refractivity contribution in [2.24, 2.45) is 5.92 Å². The lowest BCUT2D eigenvalue weighted by Gasteiger charge is -2.35. The number of halogens is 1. The van der Waals surface area contributed by atoms with Crippen LogP contribution in [0.4, 0.5) is 11.4 Å². The first kappa shape index (κ1) is 26.7. The Labute approximate surface area is 232 Å². The van der Waals surface area contributed by atoms with Crippen LogP contribution in [0.2, 0.25) is 0 Å². The predicted octanol–water partition coefficient (Wildman–Crippen LogP) is 3.65. The summed E-state index contributed by atoms with van der Waals surface area (Å²) in [5.41, 5.74) is 0.456. The lowest BCUT2D eigenvalue weighted by Crippen LogP contribution is -2.47. The topological polar surface area (TPSA) is 139 Å². The number of fused-ring (bicyclic) bond motifs is 4. The molecule has 0 spiro atoms.